The van der Waals surface area contributed by atoms with Crippen molar-refractivity contribution in [1.82, 2.24) is 5.32 Å². The highest BCUT2D eigenvalue weighted by Gasteiger charge is 2.52. The maximum atomic E-state index is 14.1. The molecule has 3 aliphatic heterocycles. The lowest BCUT2D eigenvalue weighted by Crippen LogP contribution is -2.43. The van der Waals surface area contributed by atoms with Crippen molar-refractivity contribution in [2.75, 3.05) is 13.4 Å². The first kappa shape index (κ1) is 40.5. The van der Waals surface area contributed by atoms with Crippen molar-refractivity contribution in [3.63, 3.8) is 0 Å². The van der Waals surface area contributed by atoms with Crippen molar-refractivity contribution in [3.05, 3.63) is 69.0 Å². The van der Waals surface area contributed by atoms with Crippen LogP contribution in [-0.4, -0.2) is 87.1 Å². The number of aliphatic carboxylic acids is 1. The number of amides is 1. The molecule has 13 nitrogen and oxygen atoms in total. The molecule has 52 heavy (non-hydrogen) atoms. The van der Waals surface area contributed by atoms with E-state index >= 15 is 0 Å². The van der Waals surface area contributed by atoms with E-state index in [-0.39, 0.29) is 45.0 Å². The van der Waals surface area contributed by atoms with E-state index in [1.165, 1.54) is 46.3 Å². The number of thioether (sulfide) groups is 1. The lowest BCUT2D eigenvalue weighted by Gasteiger charge is -2.38. The molecule has 0 saturated carbocycles. The third-order valence-electron chi connectivity index (χ3n) is 10.5. The zero-order valence-electron chi connectivity index (χ0n) is 30.7. The smallest absolute Gasteiger partial charge is 0.312 e. The molecule has 0 spiro atoms. The number of fused-ring (bicyclic) bond motifs is 14. The van der Waals surface area contributed by atoms with Gasteiger partial charge in [0.2, 0.25) is 11.6 Å². The van der Waals surface area contributed by atoms with E-state index in [2.05, 4.69) is 5.32 Å². The Kier molecular flexibility index (Phi) is 12.3. The van der Waals surface area contributed by atoms with Gasteiger partial charge in [-0.2, -0.15) is 0 Å². The first-order valence-corrected chi connectivity index (χ1v) is 18.2. The number of ketones is 3. The summed E-state index contributed by atoms with van der Waals surface area (Å²) in [5.41, 5.74) is -1.28. The number of rotatable bonds is 4. The predicted octanol–water partition coefficient (Wildman–Crippen LogP) is 4.48. The standard InChI is InChI=1S/C38H47NO12S/c1-16-11-10-12-17(2)37(48)39-28-32(45)26-25(33(46)35(28)52-9)27-34(21(6)31(26)44)51-38(7,36(27)47)50-14-13-23(49-8)18(3)22(15-24(40)41)19(4)30(43)20(5)29(16)42/h10-14,16,18-20,22-23,29-30,42-44H,15H2,1-9H3,(H,39,48)(H,40,41). The van der Waals surface area contributed by atoms with Crippen molar-refractivity contribution in [2.45, 2.75) is 79.0 Å². The van der Waals surface area contributed by atoms with Gasteiger partial charge in [-0.1, -0.05) is 45.9 Å². The third-order valence-corrected chi connectivity index (χ3v) is 11.3. The second kappa shape index (κ2) is 15.8. The second-order valence-electron chi connectivity index (χ2n) is 13.9. The number of allylic oxidation sites excluding steroid dienone is 4. The number of hydrogen-bond acceptors (Lipinski definition) is 12. The van der Waals surface area contributed by atoms with Crippen LogP contribution in [0.5, 0.6) is 11.5 Å². The summed E-state index contributed by atoms with van der Waals surface area (Å²) in [5.74, 6) is -10.0. The number of aliphatic hydroxyl groups is 2. The van der Waals surface area contributed by atoms with Crippen molar-refractivity contribution in [3.8, 4) is 11.5 Å². The minimum Gasteiger partial charge on any atom is -0.507 e. The number of carbonyl (C=O) groups excluding carboxylic acids is 4. The Morgan fingerprint density at radius 1 is 0.962 bits per heavy atom. The maximum Gasteiger partial charge on any atom is 0.312 e. The summed E-state index contributed by atoms with van der Waals surface area (Å²) in [4.78, 5) is 67.2. The summed E-state index contributed by atoms with van der Waals surface area (Å²) in [6.45, 7) is 11.1. The highest BCUT2D eigenvalue weighted by atomic mass is 32.2. The molecule has 0 radical (unpaired) electrons. The fraction of sp³-hybridized carbons (Fsp3) is 0.500. The average molecular weight is 742 g/mol. The molecule has 0 aromatic heterocycles. The fourth-order valence-corrected chi connectivity index (χ4v) is 7.78. The highest BCUT2D eigenvalue weighted by molar-refractivity contribution is 8.03. The predicted molar refractivity (Wildman–Crippen MR) is 192 cm³/mol. The molecule has 3 heterocycles. The molecule has 1 amide bonds. The van der Waals surface area contributed by atoms with Crippen molar-refractivity contribution in [2.24, 2.45) is 29.6 Å². The number of carboxylic acids is 1. The molecule has 0 saturated heterocycles. The van der Waals surface area contributed by atoms with E-state index in [4.69, 9.17) is 14.2 Å². The Morgan fingerprint density at radius 2 is 1.62 bits per heavy atom. The quantitative estimate of drug-likeness (QED) is 0.289. The van der Waals surface area contributed by atoms with Crippen LogP contribution in [0.3, 0.4) is 0 Å². The van der Waals surface area contributed by atoms with E-state index in [0.717, 1.165) is 18.0 Å². The van der Waals surface area contributed by atoms with Crippen LogP contribution in [0.15, 0.2) is 46.7 Å². The molecule has 4 aliphatic rings. The summed E-state index contributed by atoms with van der Waals surface area (Å²) in [6, 6.07) is 0. The minimum atomic E-state index is -2.05. The molecule has 1 aliphatic carbocycles. The molecule has 9 unspecified atom stereocenters. The van der Waals surface area contributed by atoms with Crippen LogP contribution >= 0.6 is 11.8 Å². The molecular formula is C38H47NO12S. The van der Waals surface area contributed by atoms with Gasteiger partial charge in [0, 0.05) is 43.4 Å². The normalized spacial score (nSPS) is 31.6. The summed E-state index contributed by atoms with van der Waals surface area (Å²) >= 11 is 0.887. The van der Waals surface area contributed by atoms with Crippen molar-refractivity contribution in [1.29, 1.82) is 0 Å². The van der Waals surface area contributed by atoms with Crippen LogP contribution in [0.2, 0.25) is 0 Å². The van der Waals surface area contributed by atoms with E-state index in [1.807, 2.05) is 0 Å². The van der Waals surface area contributed by atoms with Gasteiger partial charge in [-0.05, 0) is 43.9 Å². The fourth-order valence-electron chi connectivity index (χ4n) is 7.14. The van der Waals surface area contributed by atoms with Crippen LogP contribution in [0.25, 0.3) is 0 Å². The van der Waals surface area contributed by atoms with Crippen molar-refractivity contribution < 1.29 is 58.6 Å². The average Bonchev–Trinajstić information content (AvgIpc) is 3.36. The molecule has 1 aromatic rings. The Balaban J connectivity index is 1.88. The Morgan fingerprint density at radius 3 is 2.21 bits per heavy atom. The van der Waals surface area contributed by atoms with Crippen molar-refractivity contribution >= 4 is 41.0 Å². The van der Waals surface area contributed by atoms with E-state index in [1.54, 1.807) is 39.8 Å². The summed E-state index contributed by atoms with van der Waals surface area (Å²) in [7, 11) is 1.42. The molecule has 5 N–H and O–H groups in total. The third kappa shape index (κ3) is 7.34. The van der Waals surface area contributed by atoms with Gasteiger partial charge in [0.25, 0.3) is 11.7 Å². The first-order valence-electron chi connectivity index (χ1n) is 16.9. The molecule has 0 fully saturated rings. The lowest BCUT2D eigenvalue weighted by atomic mass is 9.72. The van der Waals surface area contributed by atoms with Crippen LogP contribution in [0.4, 0.5) is 0 Å². The van der Waals surface area contributed by atoms with Gasteiger partial charge in [-0.25, -0.2) is 0 Å². The van der Waals surface area contributed by atoms with E-state index in [0.29, 0.717) is 0 Å². The number of nitrogens with one attached hydrogen (secondary N) is 1. The molecule has 5 rings (SSSR count). The minimum absolute atomic E-state index is 0.00236. The zero-order chi connectivity index (χ0) is 39.0. The molecule has 9 atom stereocenters. The molecule has 14 heteroatoms. The largest absolute Gasteiger partial charge is 0.507 e. The van der Waals surface area contributed by atoms with Gasteiger partial charge < -0.3 is 40.0 Å². The van der Waals surface area contributed by atoms with Gasteiger partial charge in [-0.15, -0.1) is 11.8 Å². The number of benzene rings is 1. The summed E-state index contributed by atoms with van der Waals surface area (Å²) in [5, 5.41) is 46.2. The van der Waals surface area contributed by atoms with E-state index < -0.39 is 94.2 Å². The zero-order valence-corrected chi connectivity index (χ0v) is 31.5. The number of phenols is 1. The second-order valence-corrected chi connectivity index (χ2v) is 14.7. The SMILES string of the molecule is COC1C=COC2(C)Oc3c(C)c(O)c4c(c3C2=O)C(=O)C(SC)=C(NC(=O)C(C)=CC=CC(C)C(O)C(C)C(O)C(C)C(CC(=O)O)C1C)C4=O. The summed E-state index contributed by atoms with van der Waals surface area (Å²) in [6.07, 6.45) is 5.55. The number of Topliss-reactive ketones (excluding diaryl/α,β-unsaturated/α-hetero) is 3. The Bertz CT molecular complexity index is 1790. The van der Waals surface area contributed by atoms with E-state index in [9.17, 15) is 44.4 Å². The molecule has 282 valence electrons. The number of methoxy groups -OCH3 is 1. The van der Waals surface area contributed by atoms with Gasteiger partial charge in [0.15, 0.2) is 0 Å². The number of ether oxygens (including phenoxy) is 3. The number of aromatic hydroxyl groups is 1. The van der Waals surface area contributed by atoms with Gasteiger partial charge in [0.1, 0.15) is 17.2 Å². The maximum absolute atomic E-state index is 14.1. The van der Waals surface area contributed by atoms with Crippen LogP contribution < -0.4 is 10.1 Å². The van der Waals surface area contributed by atoms with Crippen LogP contribution in [0, 0.1) is 36.5 Å². The monoisotopic (exact) mass is 741 g/mol. The summed E-state index contributed by atoms with van der Waals surface area (Å²) < 4.78 is 17.5. The van der Waals surface area contributed by atoms with Gasteiger partial charge in [-0.3, -0.25) is 24.0 Å². The molecular weight excluding hydrogens is 694 g/mol. The lowest BCUT2D eigenvalue weighted by molar-refractivity contribution is -0.140. The molecule has 5 bridgehead atoms. The number of carboxylic acid groups (broad SMARTS) is 1. The van der Waals surface area contributed by atoms with Crippen LogP contribution in [-0.2, 0) is 19.1 Å². The van der Waals surface area contributed by atoms with Crippen LogP contribution in [0.1, 0.15) is 84.6 Å². The number of carbonyl (C=O) groups is 5. The number of phenolic OH excluding ortho intramolecular Hbond substituents is 1. The van der Waals surface area contributed by atoms with Gasteiger partial charge in [0.05, 0.1) is 46.2 Å². The highest BCUT2D eigenvalue weighted by Crippen LogP contribution is 2.49. The Hall–Kier alpha value is -4.24. The Labute approximate surface area is 306 Å². The molecule has 1 aromatic carbocycles. The van der Waals surface area contributed by atoms with Gasteiger partial charge >= 0.3 is 11.8 Å². The number of aliphatic hydroxyl groups excluding tert-OH is 2. The topological polar surface area (TPSA) is 206 Å². The first-order chi connectivity index (χ1) is 24.3. The number of hydrogen-bond donors (Lipinski definition) is 5.